The van der Waals surface area contributed by atoms with Gasteiger partial charge in [-0.25, -0.2) is 8.42 Å². The van der Waals surface area contributed by atoms with Crippen LogP contribution in [0.5, 0.6) is 5.75 Å². The quantitative estimate of drug-likeness (QED) is 0.446. The Labute approximate surface area is 205 Å². The maximum atomic E-state index is 13.4. The molecule has 35 heavy (non-hydrogen) atoms. The fraction of sp³-hybridized carbons (Fsp3) is 0.296. The SMILES string of the molecule is Cc1cc(O)cc2c1CC(C(=O)NC1CCNc3ccc(S(=O)(=O)c4ccccc4)cc31)NCC2. The number of hydrogen-bond acceptors (Lipinski definition) is 6. The maximum Gasteiger partial charge on any atom is 0.237 e. The van der Waals surface area contributed by atoms with Crippen molar-refractivity contribution in [2.75, 3.05) is 18.4 Å². The molecular formula is C27H29N3O4S. The number of sulfone groups is 1. The van der Waals surface area contributed by atoms with Crippen molar-refractivity contribution in [3.63, 3.8) is 0 Å². The van der Waals surface area contributed by atoms with Crippen molar-refractivity contribution in [2.45, 2.75) is 48.1 Å². The summed E-state index contributed by atoms with van der Waals surface area (Å²) < 4.78 is 26.3. The Morgan fingerprint density at radius 2 is 1.83 bits per heavy atom. The molecule has 0 bridgehead atoms. The number of carbonyl (C=O) groups is 1. The maximum absolute atomic E-state index is 13.4. The molecule has 0 saturated carbocycles. The van der Waals surface area contributed by atoms with E-state index in [1.807, 2.05) is 6.92 Å². The van der Waals surface area contributed by atoms with Gasteiger partial charge >= 0.3 is 0 Å². The number of hydrogen-bond donors (Lipinski definition) is 4. The van der Waals surface area contributed by atoms with Gasteiger partial charge in [0.2, 0.25) is 15.7 Å². The highest BCUT2D eigenvalue weighted by molar-refractivity contribution is 7.91. The van der Waals surface area contributed by atoms with E-state index < -0.39 is 15.9 Å². The van der Waals surface area contributed by atoms with Crippen LogP contribution in [-0.2, 0) is 27.5 Å². The summed E-state index contributed by atoms with van der Waals surface area (Å²) in [6.07, 6.45) is 1.93. The molecule has 0 aliphatic carbocycles. The molecule has 2 atom stereocenters. The number of rotatable bonds is 4. The Kier molecular flexibility index (Phi) is 6.25. The van der Waals surface area contributed by atoms with Crippen LogP contribution in [0.25, 0.3) is 0 Å². The lowest BCUT2D eigenvalue weighted by Gasteiger charge is -2.29. The highest BCUT2D eigenvalue weighted by atomic mass is 32.2. The zero-order chi connectivity index (χ0) is 24.6. The number of phenols is 1. The summed E-state index contributed by atoms with van der Waals surface area (Å²) in [5.41, 5.74) is 4.74. The van der Waals surface area contributed by atoms with Crippen LogP contribution in [0.15, 0.2) is 70.5 Å². The lowest BCUT2D eigenvalue weighted by molar-refractivity contribution is -0.123. The molecule has 2 aliphatic rings. The molecule has 182 valence electrons. The van der Waals surface area contributed by atoms with Crippen molar-refractivity contribution in [1.82, 2.24) is 10.6 Å². The number of aryl methyl sites for hydroxylation is 1. The van der Waals surface area contributed by atoms with Crippen LogP contribution in [0.2, 0.25) is 0 Å². The smallest absolute Gasteiger partial charge is 0.237 e. The molecule has 5 rings (SSSR count). The van der Waals surface area contributed by atoms with Gasteiger partial charge in [0.1, 0.15) is 5.75 Å². The third kappa shape index (κ3) is 4.63. The highest BCUT2D eigenvalue weighted by Gasteiger charge is 2.29. The summed E-state index contributed by atoms with van der Waals surface area (Å²) >= 11 is 0. The Bertz CT molecular complexity index is 1370. The summed E-state index contributed by atoms with van der Waals surface area (Å²) in [5.74, 6) is 0.135. The number of amides is 1. The second-order valence-electron chi connectivity index (χ2n) is 9.20. The number of fused-ring (bicyclic) bond motifs is 2. The van der Waals surface area contributed by atoms with E-state index in [9.17, 15) is 18.3 Å². The molecule has 2 unspecified atom stereocenters. The molecule has 8 heteroatoms. The summed E-state index contributed by atoms with van der Waals surface area (Å²) in [4.78, 5) is 13.8. The molecule has 0 saturated heterocycles. The van der Waals surface area contributed by atoms with Crippen LogP contribution in [-0.4, -0.2) is 38.6 Å². The van der Waals surface area contributed by atoms with Crippen LogP contribution in [0.4, 0.5) is 5.69 Å². The number of anilines is 1. The van der Waals surface area contributed by atoms with E-state index in [1.54, 1.807) is 60.7 Å². The van der Waals surface area contributed by atoms with E-state index in [2.05, 4.69) is 16.0 Å². The molecule has 4 N–H and O–H groups in total. The zero-order valence-corrected chi connectivity index (χ0v) is 20.4. The average molecular weight is 492 g/mol. The molecule has 0 spiro atoms. The van der Waals surface area contributed by atoms with E-state index in [4.69, 9.17) is 0 Å². The lowest BCUT2D eigenvalue weighted by atomic mass is 9.94. The van der Waals surface area contributed by atoms with Gasteiger partial charge < -0.3 is 21.1 Å². The molecule has 2 aliphatic heterocycles. The van der Waals surface area contributed by atoms with Gasteiger partial charge in [0.05, 0.1) is 21.9 Å². The number of phenolic OH excluding ortho intramolecular Hbond substituents is 1. The first kappa shape index (κ1) is 23.4. The number of nitrogens with one attached hydrogen (secondary N) is 3. The zero-order valence-electron chi connectivity index (χ0n) is 19.5. The Morgan fingerprint density at radius 1 is 1.03 bits per heavy atom. The van der Waals surface area contributed by atoms with Crippen molar-refractivity contribution in [3.05, 3.63) is 82.9 Å². The second-order valence-corrected chi connectivity index (χ2v) is 11.2. The molecular weight excluding hydrogens is 462 g/mol. The lowest BCUT2D eigenvalue weighted by Crippen LogP contribution is -2.47. The van der Waals surface area contributed by atoms with Gasteiger partial charge in [0.25, 0.3) is 0 Å². The predicted molar refractivity (Wildman–Crippen MR) is 134 cm³/mol. The molecule has 2 heterocycles. The van der Waals surface area contributed by atoms with Gasteiger partial charge in [-0.15, -0.1) is 0 Å². The average Bonchev–Trinajstić information content (AvgIpc) is 3.07. The first-order valence-electron chi connectivity index (χ1n) is 11.9. The van der Waals surface area contributed by atoms with Gasteiger partial charge in [-0.1, -0.05) is 18.2 Å². The van der Waals surface area contributed by atoms with E-state index in [0.29, 0.717) is 25.9 Å². The van der Waals surface area contributed by atoms with E-state index in [-0.39, 0.29) is 27.5 Å². The van der Waals surface area contributed by atoms with Crippen molar-refractivity contribution >= 4 is 21.4 Å². The van der Waals surface area contributed by atoms with Crippen molar-refractivity contribution in [1.29, 1.82) is 0 Å². The van der Waals surface area contributed by atoms with Crippen LogP contribution >= 0.6 is 0 Å². The number of benzene rings is 3. The molecule has 0 fully saturated rings. The third-order valence-corrected chi connectivity index (χ3v) is 8.65. The second kappa shape index (κ2) is 9.36. The van der Waals surface area contributed by atoms with Crippen molar-refractivity contribution < 1.29 is 18.3 Å². The molecule has 1 amide bonds. The molecule has 0 radical (unpaired) electrons. The molecule has 7 nitrogen and oxygen atoms in total. The van der Waals surface area contributed by atoms with Gasteiger partial charge in [-0.2, -0.15) is 0 Å². The Balaban J connectivity index is 1.40. The van der Waals surface area contributed by atoms with Crippen LogP contribution in [0, 0.1) is 6.92 Å². The first-order chi connectivity index (χ1) is 16.8. The van der Waals surface area contributed by atoms with Gasteiger partial charge in [0.15, 0.2) is 0 Å². The summed E-state index contributed by atoms with van der Waals surface area (Å²) in [6, 6.07) is 16.2. The molecule has 3 aromatic carbocycles. The normalized spacial score (nSPS) is 19.6. The van der Waals surface area contributed by atoms with Gasteiger partial charge in [0, 0.05) is 12.2 Å². The van der Waals surface area contributed by atoms with Crippen LogP contribution in [0.1, 0.15) is 34.7 Å². The van der Waals surface area contributed by atoms with Gasteiger partial charge in [-0.05, 0) is 97.4 Å². The van der Waals surface area contributed by atoms with Crippen LogP contribution in [0.3, 0.4) is 0 Å². The van der Waals surface area contributed by atoms with E-state index in [1.165, 1.54) is 0 Å². The van der Waals surface area contributed by atoms with Crippen LogP contribution < -0.4 is 16.0 Å². The summed E-state index contributed by atoms with van der Waals surface area (Å²) in [7, 11) is -3.66. The monoisotopic (exact) mass is 491 g/mol. The largest absolute Gasteiger partial charge is 0.508 e. The predicted octanol–water partition coefficient (Wildman–Crippen LogP) is 3.26. The summed E-state index contributed by atoms with van der Waals surface area (Å²) in [6.45, 7) is 3.27. The standard InChI is InChI=1S/C27H29N3O4S/c1-17-13-19(31)14-18-9-11-29-26(16-22(17)18)27(32)30-25-10-12-28-24-8-7-21(15-23(24)25)35(33,34)20-5-3-2-4-6-20/h2-8,13-15,25-26,28-29,31H,9-12,16H2,1H3,(H,30,32). The van der Waals surface area contributed by atoms with E-state index >= 15 is 0 Å². The van der Waals surface area contributed by atoms with Gasteiger partial charge in [-0.3, -0.25) is 4.79 Å². The van der Waals surface area contributed by atoms with Crippen molar-refractivity contribution in [3.8, 4) is 5.75 Å². The molecule has 3 aromatic rings. The number of aromatic hydroxyl groups is 1. The van der Waals surface area contributed by atoms with E-state index in [0.717, 1.165) is 34.4 Å². The fourth-order valence-electron chi connectivity index (χ4n) is 5.05. The number of carbonyl (C=O) groups excluding carboxylic acids is 1. The third-order valence-electron chi connectivity index (χ3n) is 6.89. The topological polar surface area (TPSA) is 108 Å². The Morgan fingerprint density at radius 3 is 2.63 bits per heavy atom. The first-order valence-corrected chi connectivity index (χ1v) is 13.3. The summed E-state index contributed by atoms with van der Waals surface area (Å²) in [5, 5.41) is 19.8. The Hall–Kier alpha value is -3.36. The van der Waals surface area contributed by atoms with Crippen molar-refractivity contribution in [2.24, 2.45) is 0 Å². The minimum atomic E-state index is -3.66. The minimum Gasteiger partial charge on any atom is -0.508 e. The minimum absolute atomic E-state index is 0.112. The highest BCUT2D eigenvalue weighted by Crippen LogP contribution is 2.34. The molecule has 0 aromatic heterocycles. The fourth-order valence-corrected chi connectivity index (χ4v) is 6.37.